The van der Waals surface area contributed by atoms with E-state index in [1.54, 1.807) is 19.1 Å². The molecule has 1 rings (SSSR count). The maximum atomic E-state index is 11.4. The standard InChI is InChI=1S/C13H14ClNO2/c1-3-11-9(7-12(16)17-4-2)5-6-10(8-15)13(11)14/h5-6H,3-4,7H2,1-2H3. The largest absolute Gasteiger partial charge is 0.466 e. The van der Waals surface area contributed by atoms with Gasteiger partial charge in [-0.05, 0) is 30.5 Å². The quantitative estimate of drug-likeness (QED) is 0.773. The van der Waals surface area contributed by atoms with Gasteiger partial charge in [-0.3, -0.25) is 4.79 Å². The van der Waals surface area contributed by atoms with E-state index in [2.05, 4.69) is 0 Å². The molecule has 0 amide bonds. The van der Waals surface area contributed by atoms with Crippen molar-refractivity contribution in [2.24, 2.45) is 0 Å². The van der Waals surface area contributed by atoms with Crippen molar-refractivity contribution in [1.82, 2.24) is 0 Å². The van der Waals surface area contributed by atoms with Crippen LogP contribution < -0.4 is 0 Å². The molecule has 0 aliphatic heterocycles. The highest BCUT2D eigenvalue weighted by Gasteiger charge is 2.13. The number of halogens is 1. The molecule has 0 aliphatic carbocycles. The summed E-state index contributed by atoms with van der Waals surface area (Å²) in [6.07, 6.45) is 0.880. The van der Waals surface area contributed by atoms with Crippen LogP contribution in [-0.4, -0.2) is 12.6 Å². The van der Waals surface area contributed by atoms with Gasteiger partial charge in [0.2, 0.25) is 0 Å². The molecular weight excluding hydrogens is 238 g/mol. The van der Waals surface area contributed by atoms with Gasteiger partial charge in [0.1, 0.15) is 6.07 Å². The maximum Gasteiger partial charge on any atom is 0.310 e. The highest BCUT2D eigenvalue weighted by molar-refractivity contribution is 6.32. The van der Waals surface area contributed by atoms with Gasteiger partial charge in [0, 0.05) is 0 Å². The molecule has 90 valence electrons. The van der Waals surface area contributed by atoms with E-state index in [9.17, 15) is 4.79 Å². The topological polar surface area (TPSA) is 50.1 Å². The van der Waals surface area contributed by atoms with Gasteiger partial charge in [-0.2, -0.15) is 5.26 Å². The normalized spacial score (nSPS) is 9.76. The second kappa shape index (κ2) is 6.27. The highest BCUT2D eigenvalue weighted by atomic mass is 35.5. The Labute approximate surface area is 106 Å². The second-order valence-electron chi connectivity index (χ2n) is 3.51. The van der Waals surface area contributed by atoms with Crippen molar-refractivity contribution in [2.75, 3.05) is 6.61 Å². The molecule has 4 heteroatoms. The predicted octanol–water partition coefficient (Wildman–Crippen LogP) is 2.88. The summed E-state index contributed by atoms with van der Waals surface area (Å²) in [4.78, 5) is 11.4. The summed E-state index contributed by atoms with van der Waals surface area (Å²) in [7, 11) is 0. The maximum absolute atomic E-state index is 11.4. The zero-order chi connectivity index (χ0) is 12.8. The Bertz CT molecular complexity index is 463. The summed E-state index contributed by atoms with van der Waals surface area (Å²) in [6.45, 7) is 4.08. The lowest BCUT2D eigenvalue weighted by Gasteiger charge is -2.10. The summed E-state index contributed by atoms with van der Waals surface area (Å²) in [5.74, 6) is -0.275. The van der Waals surface area contributed by atoms with E-state index in [4.69, 9.17) is 21.6 Å². The van der Waals surface area contributed by atoms with Gasteiger partial charge in [0.05, 0.1) is 23.6 Å². The zero-order valence-corrected chi connectivity index (χ0v) is 10.7. The van der Waals surface area contributed by atoms with Crippen LogP contribution in [0, 0.1) is 11.3 Å². The van der Waals surface area contributed by atoms with Crippen molar-refractivity contribution in [1.29, 1.82) is 5.26 Å². The lowest BCUT2D eigenvalue weighted by Crippen LogP contribution is -2.09. The van der Waals surface area contributed by atoms with Gasteiger partial charge in [0.25, 0.3) is 0 Å². The number of nitrogens with zero attached hydrogens (tertiary/aromatic N) is 1. The van der Waals surface area contributed by atoms with E-state index in [-0.39, 0.29) is 12.4 Å². The third-order valence-electron chi connectivity index (χ3n) is 2.45. The van der Waals surface area contributed by atoms with E-state index in [0.29, 0.717) is 23.6 Å². The van der Waals surface area contributed by atoms with Gasteiger partial charge in [-0.25, -0.2) is 0 Å². The number of rotatable bonds is 4. The van der Waals surface area contributed by atoms with E-state index >= 15 is 0 Å². The summed E-state index contributed by atoms with van der Waals surface area (Å²) in [5, 5.41) is 9.31. The van der Waals surface area contributed by atoms with Crippen LogP contribution in [0.2, 0.25) is 5.02 Å². The number of hydrogen-bond acceptors (Lipinski definition) is 3. The Morgan fingerprint density at radius 3 is 2.71 bits per heavy atom. The number of nitriles is 1. The number of carbonyl (C=O) groups excluding carboxylic acids is 1. The first-order chi connectivity index (χ1) is 8.13. The minimum atomic E-state index is -0.275. The van der Waals surface area contributed by atoms with Crippen molar-refractivity contribution in [3.05, 3.63) is 33.8 Å². The molecule has 0 saturated heterocycles. The van der Waals surface area contributed by atoms with E-state index in [1.807, 2.05) is 13.0 Å². The van der Waals surface area contributed by atoms with E-state index in [0.717, 1.165) is 11.1 Å². The van der Waals surface area contributed by atoms with Crippen LogP contribution in [0.25, 0.3) is 0 Å². The van der Waals surface area contributed by atoms with Gasteiger partial charge in [-0.1, -0.05) is 24.6 Å². The molecule has 0 unspecified atom stereocenters. The van der Waals surface area contributed by atoms with Gasteiger partial charge in [-0.15, -0.1) is 0 Å². The molecule has 1 aromatic rings. The van der Waals surface area contributed by atoms with Gasteiger partial charge >= 0.3 is 5.97 Å². The molecular formula is C13H14ClNO2. The highest BCUT2D eigenvalue weighted by Crippen LogP contribution is 2.25. The summed E-state index contributed by atoms with van der Waals surface area (Å²) < 4.78 is 4.89. The second-order valence-corrected chi connectivity index (χ2v) is 3.89. The Morgan fingerprint density at radius 1 is 1.47 bits per heavy atom. The molecule has 0 fully saturated rings. The average molecular weight is 252 g/mol. The first-order valence-corrected chi connectivity index (χ1v) is 5.87. The molecule has 3 nitrogen and oxygen atoms in total. The molecule has 0 atom stereocenters. The van der Waals surface area contributed by atoms with E-state index < -0.39 is 0 Å². The lowest BCUT2D eigenvalue weighted by molar-refractivity contribution is -0.142. The van der Waals surface area contributed by atoms with Crippen molar-refractivity contribution >= 4 is 17.6 Å². The summed E-state index contributed by atoms with van der Waals surface area (Å²) in [6, 6.07) is 5.43. The molecule has 1 aromatic carbocycles. The molecule has 0 saturated carbocycles. The first kappa shape index (κ1) is 13.5. The first-order valence-electron chi connectivity index (χ1n) is 5.50. The average Bonchev–Trinajstić information content (AvgIpc) is 2.30. The van der Waals surface area contributed by atoms with E-state index in [1.165, 1.54) is 0 Å². The Kier molecular flexibility index (Phi) is 4.99. The van der Waals surface area contributed by atoms with Crippen LogP contribution >= 0.6 is 11.6 Å². The third kappa shape index (κ3) is 3.21. The van der Waals surface area contributed by atoms with Crippen LogP contribution in [0.1, 0.15) is 30.5 Å². The van der Waals surface area contributed by atoms with Crippen LogP contribution in [0.5, 0.6) is 0 Å². The minimum absolute atomic E-state index is 0.197. The fourth-order valence-electron chi connectivity index (χ4n) is 1.66. The fraction of sp³-hybridized carbons (Fsp3) is 0.385. The van der Waals surface area contributed by atoms with Crippen LogP contribution in [-0.2, 0) is 22.4 Å². The predicted molar refractivity (Wildman–Crippen MR) is 65.9 cm³/mol. The Hall–Kier alpha value is -1.53. The minimum Gasteiger partial charge on any atom is -0.466 e. The molecule has 0 radical (unpaired) electrons. The fourth-order valence-corrected chi connectivity index (χ4v) is 2.02. The molecule has 0 aromatic heterocycles. The number of hydrogen-bond donors (Lipinski definition) is 0. The molecule has 17 heavy (non-hydrogen) atoms. The van der Waals surface area contributed by atoms with Crippen LogP contribution in [0.15, 0.2) is 12.1 Å². The van der Waals surface area contributed by atoms with Crippen molar-refractivity contribution in [2.45, 2.75) is 26.7 Å². The Balaban J connectivity index is 3.05. The van der Waals surface area contributed by atoms with Crippen molar-refractivity contribution in [3.8, 4) is 6.07 Å². The van der Waals surface area contributed by atoms with Crippen molar-refractivity contribution < 1.29 is 9.53 Å². The van der Waals surface area contributed by atoms with Gasteiger partial charge in [0.15, 0.2) is 0 Å². The molecule has 0 heterocycles. The molecule has 0 aliphatic rings. The molecule has 0 bridgehead atoms. The summed E-state index contributed by atoms with van der Waals surface area (Å²) >= 11 is 6.10. The molecule has 0 N–H and O–H groups in total. The molecule has 0 spiro atoms. The third-order valence-corrected chi connectivity index (χ3v) is 2.89. The van der Waals surface area contributed by atoms with Crippen molar-refractivity contribution in [3.63, 3.8) is 0 Å². The Morgan fingerprint density at radius 2 is 2.18 bits per heavy atom. The van der Waals surface area contributed by atoms with Gasteiger partial charge < -0.3 is 4.74 Å². The number of carbonyl (C=O) groups is 1. The number of esters is 1. The summed E-state index contributed by atoms with van der Waals surface area (Å²) in [5.41, 5.74) is 2.12. The zero-order valence-electron chi connectivity index (χ0n) is 9.92. The SMILES string of the molecule is CCOC(=O)Cc1ccc(C#N)c(Cl)c1CC. The number of ether oxygens (including phenoxy) is 1. The van der Waals surface area contributed by atoms with Crippen LogP contribution in [0.4, 0.5) is 0 Å². The lowest BCUT2D eigenvalue weighted by atomic mass is 9.99. The van der Waals surface area contributed by atoms with Crippen LogP contribution in [0.3, 0.4) is 0 Å². The smallest absolute Gasteiger partial charge is 0.310 e. The number of benzene rings is 1. The monoisotopic (exact) mass is 251 g/mol.